The minimum atomic E-state index is -0.969. The molecule has 0 saturated carbocycles. The summed E-state index contributed by atoms with van der Waals surface area (Å²) in [7, 11) is 0. The summed E-state index contributed by atoms with van der Waals surface area (Å²) in [5, 5.41) is 11.6. The van der Waals surface area contributed by atoms with Gasteiger partial charge in [-0.1, -0.05) is 24.3 Å². The van der Waals surface area contributed by atoms with Crippen LogP contribution >= 0.6 is 0 Å². The van der Waals surface area contributed by atoms with Gasteiger partial charge in [0.2, 0.25) is 0 Å². The van der Waals surface area contributed by atoms with Crippen molar-refractivity contribution in [3.8, 4) is 0 Å². The lowest BCUT2D eigenvalue weighted by atomic mass is 10.1. The predicted octanol–water partition coefficient (Wildman–Crippen LogP) is 2.27. The molecule has 0 aliphatic carbocycles. The molecular weight excluding hydrogens is 256 g/mol. The molecule has 1 aromatic carbocycles. The molecule has 0 heterocycles. The third-order valence-corrected chi connectivity index (χ3v) is 2.63. The number of hydrogen-bond acceptors (Lipinski definition) is 2. The summed E-state index contributed by atoms with van der Waals surface area (Å²) in [5.41, 5.74) is 1.06. The second kappa shape index (κ2) is 7.78. The van der Waals surface area contributed by atoms with Crippen LogP contribution in [0.4, 0.5) is 4.79 Å². The first-order valence-corrected chi connectivity index (χ1v) is 6.15. The third-order valence-electron chi connectivity index (χ3n) is 2.63. The van der Waals surface area contributed by atoms with E-state index in [1.54, 1.807) is 29.2 Å². The second-order valence-corrected chi connectivity index (χ2v) is 4.14. The standard InChI is InChI=1S/C15H18N2O3/c1-3-9-17(10-4-2)15(20)16-11-12-5-7-13(8-6-12)14(18)19/h3-8H,1-2,9-11H2,(H,16,20)(H,18,19). The number of hydrogen-bond donors (Lipinski definition) is 2. The molecule has 2 amide bonds. The first-order chi connectivity index (χ1) is 9.58. The number of carboxylic acids is 1. The van der Waals surface area contributed by atoms with Crippen molar-refractivity contribution in [1.82, 2.24) is 10.2 Å². The Balaban J connectivity index is 2.56. The van der Waals surface area contributed by atoms with E-state index in [2.05, 4.69) is 18.5 Å². The van der Waals surface area contributed by atoms with E-state index in [1.807, 2.05) is 0 Å². The molecule has 0 spiro atoms. The molecule has 0 unspecified atom stereocenters. The van der Waals surface area contributed by atoms with E-state index >= 15 is 0 Å². The number of nitrogens with one attached hydrogen (secondary N) is 1. The van der Waals surface area contributed by atoms with Crippen molar-refractivity contribution in [2.24, 2.45) is 0 Å². The first-order valence-electron chi connectivity index (χ1n) is 6.15. The maximum absolute atomic E-state index is 11.9. The Morgan fingerprint density at radius 2 is 1.70 bits per heavy atom. The number of aromatic carboxylic acids is 1. The summed E-state index contributed by atoms with van der Waals surface area (Å²) in [6, 6.07) is 6.15. The molecule has 106 valence electrons. The molecule has 5 heteroatoms. The van der Waals surface area contributed by atoms with Crippen LogP contribution in [0.2, 0.25) is 0 Å². The van der Waals surface area contributed by atoms with Crippen molar-refractivity contribution < 1.29 is 14.7 Å². The van der Waals surface area contributed by atoms with E-state index in [1.165, 1.54) is 12.1 Å². The Morgan fingerprint density at radius 3 is 2.15 bits per heavy atom. The van der Waals surface area contributed by atoms with Crippen molar-refractivity contribution in [3.05, 3.63) is 60.7 Å². The molecular formula is C15H18N2O3. The van der Waals surface area contributed by atoms with E-state index in [9.17, 15) is 9.59 Å². The van der Waals surface area contributed by atoms with E-state index in [0.29, 0.717) is 19.6 Å². The number of carboxylic acid groups (broad SMARTS) is 1. The monoisotopic (exact) mass is 274 g/mol. The highest BCUT2D eigenvalue weighted by atomic mass is 16.4. The van der Waals surface area contributed by atoms with E-state index in [4.69, 9.17) is 5.11 Å². The lowest BCUT2D eigenvalue weighted by molar-refractivity contribution is 0.0697. The predicted molar refractivity (Wildman–Crippen MR) is 77.6 cm³/mol. The first kappa shape index (κ1) is 15.5. The van der Waals surface area contributed by atoms with Crippen LogP contribution in [0, 0.1) is 0 Å². The summed E-state index contributed by atoms with van der Waals surface area (Å²) in [5.74, 6) is -0.969. The van der Waals surface area contributed by atoms with Crippen molar-refractivity contribution in [3.63, 3.8) is 0 Å². The van der Waals surface area contributed by atoms with Crippen molar-refractivity contribution >= 4 is 12.0 Å². The van der Waals surface area contributed by atoms with Crippen LogP contribution in [-0.4, -0.2) is 35.1 Å². The third kappa shape index (κ3) is 4.61. The van der Waals surface area contributed by atoms with Crippen molar-refractivity contribution in [2.45, 2.75) is 6.54 Å². The zero-order valence-electron chi connectivity index (χ0n) is 11.2. The van der Waals surface area contributed by atoms with Crippen LogP contribution in [0.5, 0.6) is 0 Å². The Kier molecular flexibility index (Phi) is 6.03. The van der Waals surface area contributed by atoms with Crippen LogP contribution in [-0.2, 0) is 6.54 Å². The highest BCUT2D eigenvalue weighted by Crippen LogP contribution is 2.04. The smallest absolute Gasteiger partial charge is 0.335 e. The van der Waals surface area contributed by atoms with Gasteiger partial charge in [0.1, 0.15) is 0 Å². The minimum Gasteiger partial charge on any atom is -0.478 e. The molecule has 0 fully saturated rings. The van der Waals surface area contributed by atoms with Gasteiger partial charge in [-0.15, -0.1) is 13.2 Å². The molecule has 0 aliphatic heterocycles. The normalized spacial score (nSPS) is 9.60. The van der Waals surface area contributed by atoms with Crippen LogP contribution in [0.3, 0.4) is 0 Å². The molecule has 0 aliphatic rings. The molecule has 1 rings (SSSR count). The fourth-order valence-corrected chi connectivity index (χ4v) is 1.61. The Bertz CT molecular complexity index is 484. The van der Waals surface area contributed by atoms with Gasteiger partial charge in [0.25, 0.3) is 0 Å². The molecule has 0 bridgehead atoms. The summed E-state index contributed by atoms with van der Waals surface area (Å²) >= 11 is 0. The number of rotatable bonds is 7. The Morgan fingerprint density at radius 1 is 1.15 bits per heavy atom. The number of urea groups is 1. The maximum atomic E-state index is 11.9. The number of nitrogens with zero attached hydrogens (tertiary/aromatic N) is 1. The molecule has 1 aromatic rings. The summed E-state index contributed by atoms with van der Waals surface area (Å²) < 4.78 is 0. The van der Waals surface area contributed by atoms with Crippen molar-refractivity contribution in [2.75, 3.05) is 13.1 Å². The van der Waals surface area contributed by atoms with E-state index < -0.39 is 5.97 Å². The highest BCUT2D eigenvalue weighted by molar-refractivity contribution is 5.87. The van der Waals surface area contributed by atoms with Gasteiger partial charge in [-0.3, -0.25) is 0 Å². The van der Waals surface area contributed by atoms with Gasteiger partial charge < -0.3 is 15.3 Å². The van der Waals surface area contributed by atoms with Crippen LogP contribution in [0.1, 0.15) is 15.9 Å². The summed E-state index contributed by atoms with van der Waals surface area (Å²) in [6.07, 6.45) is 3.29. The quantitative estimate of drug-likeness (QED) is 0.749. The summed E-state index contributed by atoms with van der Waals surface area (Å²) in [4.78, 5) is 24.2. The highest BCUT2D eigenvalue weighted by Gasteiger charge is 2.09. The van der Waals surface area contributed by atoms with Gasteiger partial charge in [-0.25, -0.2) is 9.59 Å². The number of benzene rings is 1. The number of carbonyl (C=O) groups is 2. The summed E-state index contributed by atoms with van der Waals surface area (Å²) in [6.45, 7) is 8.41. The Hall–Kier alpha value is -2.56. The van der Waals surface area contributed by atoms with Gasteiger partial charge in [-0.05, 0) is 17.7 Å². The lowest BCUT2D eigenvalue weighted by Gasteiger charge is -2.19. The van der Waals surface area contributed by atoms with E-state index in [0.717, 1.165) is 5.56 Å². The lowest BCUT2D eigenvalue weighted by Crippen LogP contribution is -2.39. The van der Waals surface area contributed by atoms with Gasteiger partial charge in [0.15, 0.2) is 0 Å². The zero-order chi connectivity index (χ0) is 15.0. The molecule has 0 saturated heterocycles. The molecule has 0 atom stereocenters. The average Bonchev–Trinajstić information content (AvgIpc) is 2.45. The van der Waals surface area contributed by atoms with Crippen molar-refractivity contribution in [1.29, 1.82) is 0 Å². The van der Waals surface area contributed by atoms with Gasteiger partial charge in [-0.2, -0.15) is 0 Å². The number of carbonyl (C=O) groups excluding carboxylic acids is 1. The molecule has 0 aromatic heterocycles. The van der Waals surface area contributed by atoms with Gasteiger partial charge in [0, 0.05) is 19.6 Å². The maximum Gasteiger partial charge on any atom is 0.335 e. The topological polar surface area (TPSA) is 69.6 Å². The van der Waals surface area contributed by atoms with Crippen LogP contribution < -0.4 is 5.32 Å². The van der Waals surface area contributed by atoms with E-state index in [-0.39, 0.29) is 11.6 Å². The minimum absolute atomic E-state index is 0.216. The van der Waals surface area contributed by atoms with Gasteiger partial charge >= 0.3 is 12.0 Å². The average molecular weight is 274 g/mol. The molecule has 20 heavy (non-hydrogen) atoms. The second-order valence-electron chi connectivity index (χ2n) is 4.14. The largest absolute Gasteiger partial charge is 0.478 e. The zero-order valence-corrected chi connectivity index (χ0v) is 11.2. The molecule has 2 N–H and O–H groups in total. The molecule has 0 radical (unpaired) electrons. The Labute approximate surface area is 118 Å². The SMILES string of the molecule is C=CCN(CC=C)C(=O)NCc1ccc(C(=O)O)cc1. The number of amides is 2. The van der Waals surface area contributed by atoms with Crippen LogP contribution in [0.15, 0.2) is 49.6 Å². The molecule has 5 nitrogen and oxygen atoms in total. The van der Waals surface area contributed by atoms with Gasteiger partial charge in [0.05, 0.1) is 5.56 Å². The fourth-order valence-electron chi connectivity index (χ4n) is 1.61. The fraction of sp³-hybridized carbons (Fsp3) is 0.200. The van der Waals surface area contributed by atoms with Crippen LogP contribution in [0.25, 0.3) is 0 Å².